The van der Waals surface area contributed by atoms with Crippen LogP contribution in [0.5, 0.6) is 0 Å². The van der Waals surface area contributed by atoms with Crippen molar-refractivity contribution in [1.82, 2.24) is 0 Å². The summed E-state index contributed by atoms with van der Waals surface area (Å²) in [5.74, 6) is 0. The van der Waals surface area contributed by atoms with Crippen LogP contribution in [-0.2, 0) is 6.54 Å². The maximum atomic E-state index is 6.02. The van der Waals surface area contributed by atoms with E-state index in [1.54, 1.807) is 0 Å². The number of nitrogens with one attached hydrogen (secondary N) is 1. The summed E-state index contributed by atoms with van der Waals surface area (Å²) in [6, 6.07) is 10.5. The molecule has 0 atom stereocenters. The second kappa shape index (κ2) is 5.35. The molecule has 0 radical (unpaired) electrons. The molecular weight excluding hydrogens is 232 g/mol. The van der Waals surface area contributed by atoms with Gasteiger partial charge in [0.1, 0.15) is 0 Å². The highest BCUT2D eigenvalue weighted by Gasteiger charge is 2.04. The van der Waals surface area contributed by atoms with E-state index in [9.17, 15) is 0 Å². The number of hydrogen-bond donors (Lipinski definition) is 2. The maximum absolute atomic E-state index is 6.02. The van der Waals surface area contributed by atoms with Gasteiger partial charge in [0.05, 0.1) is 11.4 Å². The Hall–Kier alpha value is -1.96. The van der Waals surface area contributed by atoms with Crippen LogP contribution in [0.1, 0.15) is 27.8 Å². The molecular formula is C17H22N2. The van der Waals surface area contributed by atoms with Crippen molar-refractivity contribution in [1.29, 1.82) is 0 Å². The maximum Gasteiger partial charge on any atom is 0.0576 e. The minimum absolute atomic E-state index is 0.806. The first-order valence-electron chi connectivity index (χ1n) is 6.64. The van der Waals surface area contributed by atoms with Crippen molar-refractivity contribution in [2.45, 2.75) is 34.2 Å². The Labute approximate surface area is 115 Å². The Morgan fingerprint density at radius 1 is 0.947 bits per heavy atom. The van der Waals surface area contributed by atoms with Gasteiger partial charge in [-0.2, -0.15) is 0 Å². The van der Waals surface area contributed by atoms with E-state index in [0.717, 1.165) is 17.9 Å². The lowest BCUT2D eigenvalue weighted by molar-refractivity contribution is 1.09. The predicted octanol–water partition coefficient (Wildman–Crippen LogP) is 4.11. The van der Waals surface area contributed by atoms with Crippen LogP contribution in [0.4, 0.5) is 11.4 Å². The first-order valence-corrected chi connectivity index (χ1v) is 6.64. The van der Waals surface area contributed by atoms with Crippen LogP contribution in [0, 0.1) is 27.7 Å². The third-order valence-corrected chi connectivity index (χ3v) is 3.85. The van der Waals surface area contributed by atoms with Gasteiger partial charge in [-0.1, -0.05) is 18.2 Å². The molecule has 2 nitrogen and oxygen atoms in total. The fraction of sp³-hybridized carbons (Fsp3) is 0.294. The number of benzene rings is 2. The molecule has 100 valence electrons. The molecule has 0 heterocycles. The van der Waals surface area contributed by atoms with Crippen LogP contribution in [-0.4, -0.2) is 0 Å². The van der Waals surface area contributed by atoms with E-state index in [4.69, 9.17) is 5.73 Å². The van der Waals surface area contributed by atoms with Gasteiger partial charge in [-0.05, 0) is 67.6 Å². The SMILES string of the molecule is Cc1ccc(NCc2ccc(C)c(C)c2C)c(N)c1. The normalized spacial score (nSPS) is 10.5. The zero-order chi connectivity index (χ0) is 14.0. The lowest BCUT2D eigenvalue weighted by Gasteiger charge is -2.14. The summed E-state index contributed by atoms with van der Waals surface area (Å²) in [7, 11) is 0. The molecule has 0 aliphatic carbocycles. The molecule has 0 amide bonds. The van der Waals surface area contributed by atoms with E-state index < -0.39 is 0 Å². The van der Waals surface area contributed by atoms with Gasteiger partial charge in [-0.15, -0.1) is 0 Å². The molecule has 0 fully saturated rings. The lowest BCUT2D eigenvalue weighted by Crippen LogP contribution is -2.05. The zero-order valence-corrected chi connectivity index (χ0v) is 12.2. The first kappa shape index (κ1) is 13.5. The fourth-order valence-corrected chi connectivity index (χ4v) is 2.24. The monoisotopic (exact) mass is 254 g/mol. The van der Waals surface area contributed by atoms with E-state index in [0.29, 0.717) is 0 Å². The average molecular weight is 254 g/mol. The average Bonchev–Trinajstić information content (AvgIpc) is 2.37. The lowest BCUT2D eigenvalue weighted by atomic mass is 9.99. The van der Waals surface area contributed by atoms with Gasteiger partial charge in [0.25, 0.3) is 0 Å². The highest BCUT2D eigenvalue weighted by molar-refractivity contribution is 5.67. The molecule has 0 saturated heterocycles. The number of hydrogen-bond acceptors (Lipinski definition) is 2. The van der Waals surface area contributed by atoms with Crippen LogP contribution in [0.2, 0.25) is 0 Å². The van der Waals surface area contributed by atoms with E-state index in [-0.39, 0.29) is 0 Å². The van der Waals surface area contributed by atoms with Crippen molar-refractivity contribution in [2.75, 3.05) is 11.1 Å². The van der Waals surface area contributed by atoms with E-state index in [1.165, 1.54) is 27.8 Å². The van der Waals surface area contributed by atoms with Gasteiger partial charge in [0.15, 0.2) is 0 Å². The largest absolute Gasteiger partial charge is 0.397 e. The van der Waals surface area contributed by atoms with Crippen molar-refractivity contribution < 1.29 is 0 Å². The predicted molar refractivity (Wildman–Crippen MR) is 83.6 cm³/mol. The van der Waals surface area contributed by atoms with E-state index in [2.05, 4.69) is 44.3 Å². The van der Waals surface area contributed by atoms with Crippen LogP contribution in [0.25, 0.3) is 0 Å². The molecule has 0 aliphatic heterocycles. The van der Waals surface area contributed by atoms with Crippen molar-refractivity contribution in [3.05, 3.63) is 58.1 Å². The van der Waals surface area contributed by atoms with Crippen LogP contribution in [0.3, 0.4) is 0 Å². The Morgan fingerprint density at radius 3 is 2.37 bits per heavy atom. The smallest absolute Gasteiger partial charge is 0.0576 e. The zero-order valence-electron chi connectivity index (χ0n) is 12.2. The Balaban J connectivity index is 2.17. The standard InChI is InChI=1S/C17H22N2/c1-11-5-8-17(16(18)9-11)19-10-15-7-6-12(2)13(3)14(15)4/h5-9,19H,10,18H2,1-4H3. The van der Waals surface area contributed by atoms with Gasteiger partial charge < -0.3 is 11.1 Å². The number of nitrogens with two attached hydrogens (primary N) is 1. The second-order valence-corrected chi connectivity index (χ2v) is 5.24. The summed E-state index contributed by atoms with van der Waals surface area (Å²) in [5, 5.41) is 3.42. The summed E-state index contributed by atoms with van der Waals surface area (Å²) in [6.07, 6.45) is 0. The van der Waals surface area contributed by atoms with Crippen molar-refractivity contribution in [3.8, 4) is 0 Å². The molecule has 2 heteroatoms. The van der Waals surface area contributed by atoms with Gasteiger partial charge in [-0.3, -0.25) is 0 Å². The van der Waals surface area contributed by atoms with E-state index >= 15 is 0 Å². The molecule has 0 saturated carbocycles. The summed E-state index contributed by atoms with van der Waals surface area (Å²) < 4.78 is 0. The summed E-state index contributed by atoms with van der Waals surface area (Å²) in [6.45, 7) is 9.36. The molecule has 0 aromatic heterocycles. The van der Waals surface area contributed by atoms with Crippen molar-refractivity contribution in [2.24, 2.45) is 0 Å². The van der Waals surface area contributed by atoms with Gasteiger partial charge >= 0.3 is 0 Å². The molecule has 2 aromatic carbocycles. The van der Waals surface area contributed by atoms with Gasteiger partial charge in [0.2, 0.25) is 0 Å². The van der Waals surface area contributed by atoms with Crippen molar-refractivity contribution >= 4 is 11.4 Å². The van der Waals surface area contributed by atoms with Gasteiger partial charge in [0, 0.05) is 6.54 Å². The quantitative estimate of drug-likeness (QED) is 0.809. The van der Waals surface area contributed by atoms with Crippen molar-refractivity contribution in [3.63, 3.8) is 0 Å². The molecule has 0 spiro atoms. The fourth-order valence-electron chi connectivity index (χ4n) is 2.24. The minimum atomic E-state index is 0.806. The van der Waals surface area contributed by atoms with Crippen LogP contribution < -0.4 is 11.1 Å². The minimum Gasteiger partial charge on any atom is -0.397 e. The van der Waals surface area contributed by atoms with E-state index in [1.807, 2.05) is 19.1 Å². The highest BCUT2D eigenvalue weighted by Crippen LogP contribution is 2.22. The summed E-state index contributed by atoms with van der Waals surface area (Å²) >= 11 is 0. The summed E-state index contributed by atoms with van der Waals surface area (Å²) in [4.78, 5) is 0. The molecule has 19 heavy (non-hydrogen) atoms. The number of anilines is 2. The Bertz CT molecular complexity index is 600. The molecule has 2 aromatic rings. The number of rotatable bonds is 3. The molecule has 2 rings (SSSR count). The summed E-state index contributed by atoms with van der Waals surface area (Å²) in [5.41, 5.74) is 14.4. The third-order valence-electron chi connectivity index (χ3n) is 3.85. The molecule has 0 aliphatic rings. The molecule has 0 unspecified atom stereocenters. The topological polar surface area (TPSA) is 38.0 Å². The van der Waals surface area contributed by atoms with Crippen LogP contribution >= 0.6 is 0 Å². The Morgan fingerprint density at radius 2 is 1.68 bits per heavy atom. The highest BCUT2D eigenvalue weighted by atomic mass is 14.9. The third kappa shape index (κ3) is 2.90. The molecule has 3 N–H and O–H groups in total. The van der Waals surface area contributed by atoms with Crippen LogP contribution in [0.15, 0.2) is 30.3 Å². The number of nitrogen functional groups attached to an aromatic ring is 1. The Kier molecular flexibility index (Phi) is 3.79. The number of aryl methyl sites for hydroxylation is 2. The first-order chi connectivity index (χ1) is 8.99. The van der Waals surface area contributed by atoms with Gasteiger partial charge in [-0.25, -0.2) is 0 Å². The molecule has 0 bridgehead atoms. The second-order valence-electron chi connectivity index (χ2n) is 5.24.